The molecule has 0 spiro atoms. The SMILES string of the molecule is CN1C(=O)CC[C@]2(CNC(=O)C3(c4ccccc4)CC3)CCC[C@@H]12. The van der Waals surface area contributed by atoms with Crippen molar-refractivity contribution in [2.75, 3.05) is 13.6 Å². The average Bonchev–Trinajstić information content (AvgIpc) is 3.32. The highest BCUT2D eigenvalue weighted by atomic mass is 16.2. The smallest absolute Gasteiger partial charge is 0.230 e. The molecule has 1 aromatic rings. The standard InChI is InChI=1S/C20H26N2O2/c1-22-16-8-5-10-19(16,11-9-17(22)23)14-21-18(24)20(12-13-20)15-6-3-2-4-7-15/h2-4,6-7,16H,5,8-14H2,1H3,(H,21,24)/t16-,19+/m1/s1. The molecule has 4 heteroatoms. The Morgan fingerprint density at radius 1 is 1.21 bits per heavy atom. The predicted octanol–water partition coefficient (Wildman–Crippen LogP) is 2.63. The lowest BCUT2D eigenvalue weighted by atomic mass is 9.74. The summed E-state index contributed by atoms with van der Waals surface area (Å²) < 4.78 is 0. The molecule has 2 saturated carbocycles. The van der Waals surface area contributed by atoms with Crippen molar-refractivity contribution >= 4 is 11.8 Å². The first-order chi connectivity index (χ1) is 11.6. The van der Waals surface area contributed by atoms with Gasteiger partial charge in [-0.15, -0.1) is 0 Å². The zero-order valence-corrected chi connectivity index (χ0v) is 14.4. The zero-order valence-electron chi connectivity index (χ0n) is 14.4. The second-order valence-corrected chi connectivity index (χ2v) is 7.91. The molecule has 3 aliphatic rings. The number of hydrogen-bond acceptors (Lipinski definition) is 2. The molecule has 2 amide bonds. The van der Waals surface area contributed by atoms with Crippen LogP contribution in [0.1, 0.15) is 50.5 Å². The van der Waals surface area contributed by atoms with Crippen LogP contribution in [0.2, 0.25) is 0 Å². The number of nitrogens with zero attached hydrogens (tertiary/aromatic N) is 1. The number of piperidine rings is 1. The van der Waals surface area contributed by atoms with E-state index in [2.05, 4.69) is 17.4 Å². The Morgan fingerprint density at radius 2 is 1.96 bits per heavy atom. The maximum absolute atomic E-state index is 12.9. The molecule has 0 unspecified atom stereocenters. The third-order valence-electron chi connectivity index (χ3n) is 6.67. The Bertz CT molecular complexity index is 653. The van der Waals surface area contributed by atoms with Crippen LogP contribution in [0, 0.1) is 5.41 Å². The van der Waals surface area contributed by atoms with E-state index in [1.165, 1.54) is 0 Å². The third kappa shape index (κ3) is 2.35. The molecular formula is C20H26N2O2. The van der Waals surface area contributed by atoms with Crippen LogP contribution in [0.4, 0.5) is 0 Å². The van der Waals surface area contributed by atoms with Crippen LogP contribution in [0.15, 0.2) is 30.3 Å². The van der Waals surface area contributed by atoms with Crippen molar-refractivity contribution in [2.45, 2.75) is 56.4 Å². The number of amides is 2. The number of hydrogen-bond donors (Lipinski definition) is 1. The van der Waals surface area contributed by atoms with E-state index < -0.39 is 0 Å². The van der Waals surface area contributed by atoms with Crippen molar-refractivity contribution in [1.29, 1.82) is 0 Å². The van der Waals surface area contributed by atoms with Crippen molar-refractivity contribution in [1.82, 2.24) is 10.2 Å². The van der Waals surface area contributed by atoms with Crippen molar-refractivity contribution in [3.05, 3.63) is 35.9 Å². The molecule has 0 bridgehead atoms. The van der Waals surface area contributed by atoms with E-state index in [1.54, 1.807) is 0 Å². The lowest BCUT2D eigenvalue weighted by molar-refractivity contribution is -0.139. The molecular weight excluding hydrogens is 300 g/mol. The summed E-state index contributed by atoms with van der Waals surface area (Å²) in [6.07, 6.45) is 6.76. The Hall–Kier alpha value is -1.84. The highest BCUT2D eigenvalue weighted by Gasteiger charge is 2.53. The monoisotopic (exact) mass is 326 g/mol. The first-order valence-corrected chi connectivity index (χ1v) is 9.17. The van der Waals surface area contributed by atoms with Gasteiger partial charge in [-0.05, 0) is 37.7 Å². The average molecular weight is 326 g/mol. The fourth-order valence-corrected chi connectivity index (χ4v) is 4.97. The summed E-state index contributed by atoms with van der Waals surface area (Å²) in [4.78, 5) is 26.9. The van der Waals surface area contributed by atoms with Gasteiger partial charge < -0.3 is 10.2 Å². The molecule has 128 valence electrons. The minimum atomic E-state index is -0.303. The Kier molecular flexibility index (Phi) is 3.66. The number of carbonyl (C=O) groups is 2. The molecule has 3 fully saturated rings. The minimum Gasteiger partial charge on any atom is -0.355 e. The van der Waals surface area contributed by atoms with Gasteiger partial charge in [0, 0.05) is 31.5 Å². The molecule has 1 heterocycles. The first kappa shape index (κ1) is 15.7. The van der Waals surface area contributed by atoms with Crippen molar-refractivity contribution in [3.63, 3.8) is 0 Å². The Morgan fingerprint density at radius 3 is 2.67 bits per heavy atom. The van der Waals surface area contributed by atoms with E-state index in [-0.39, 0.29) is 22.6 Å². The molecule has 1 aromatic carbocycles. The van der Waals surface area contributed by atoms with E-state index in [1.807, 2.05) is 30.1 Å². The summed E-state index contributed by atoms with van der Waals surface area (Å²) in [6, 6.07) is 10.4. The van der Waals surface area contributed by atoms with Gasteiger partial charge in [0.2, 0.25) is 11.8 Å². The van der Waals surface area contributed by atoms with Crippen LogP contribution in [0.5, 0.6) is 0 Å². The van der Waals surface area contributed by atoms with Crippen LogP contribution in [-0.4, -0.2) is 36.3 Å². The van der Waals surface area contributed by atoms with Gasteiger partial charge in [0.25, 0.3) is 0 Å². The van der Waals surface area contributed by atoms with Gasteiger partial charge in [-0.2, -0.15) is 0 Å². The van der Waals surface area contributed by atoms with Gasteiger partial charge in [0.05, 0.1) is 5.41 Å². The van der Waals surface area contributed by atoms with Gasteiger partial charge in [-0.3, -0.25) is 9.59 Å². The Labute approximate surface area is 143 Å². The molecule has 1 saturated heterocycles. The molecule has 4 rings (SSSR count). The first-order valence-electron chi connectivity index (χ1n) is 9.17. The molecule has 0 aromatic heterocycles. The molecule has 4 nitrogen and oxygen atoms in total. The van der Waals surface area contributed by atoms with E-state index in [0.29, 0.717) is 19.0 Å². The summed E-state index contributed by atoms with van der Waals surface area (Å²) in [5.41, 5.74) is 0.923. The number of rotatable bonds is 4. The summed E-state index contributed by atoms with van der Waals surface area (Å²) in [6.45, 7) is 0.711. The largest absolute Gasteiger partial charge is 0.355 e. The van der Waals surface area contributed by atoms with Crippen LogP contribution in [-0.2, 0) is 15.0 Å². The predicted molar refractivity (Wildman–Crippen MR) is 92.4 cm³/mol. The third-order valence-corrected chi connectivity index (χ3v) is 6.67. The van der Waals surface area contributed by atoms with Crippen molar-refractivity contribution < 1.29 is 9.59 Å². The maximum Gasteiger partial charge on any atom is 0.230 e. The minimum absolute atomic E-state index is 0.0884. The van der Waals surface area contributed by atoms with Gasteiger partial charge >= 0.3 is 0 Å². The van der Waals surface area contributed by atoms with E-state index >= 15 is 0 Å². The quantitative estimate of drug-likeness (QED) is 0.925. The number of nitrogens with one attached hydrogen (secondary N) is 1. The molecule has 24 heavy (non-hydrogen) atoms. The van der Waals surface area contributed by atoms with Gasteiger partial charge in [0.1, 0.15) is 0 Å². The molecule has 1 aliphatic heterocycles. The lowest BCUT2D eigenvalue weighted by Gasteiger charge is -2.45. The highest BCUT2D eigenvalue weighted by molar-refractivity contribution is 5.91. The van der Waals surface area contributed by atoms with Crippen molar-refractivity contribution in [2.24, 2.45) is 5.41 Å². The Balaban J connectivity index is 1.47. The fourth-order valence-electron chi connectivity index (χ4n) is 4.97. The highest BCUT2D eigenvalue weighted by Crippen LogP contribution is 2.50. The fraction of sp³-hybridized carbons (Fsp3) is 0.600. The topological polar surface area (TPSA) is 49.4 Å². The normalized spacial score (nSPS) is 30.8. The van der Waals surface area contributed by atoms with Crippen LogP contribution < -0.4 is 5.32 Å². The van der Waals surface area contributed by atoms with E-state index in [4.69, 9.17) is 0 Å². The van der Waals surface area contributed by atoms with Crippen LogP contribution in [0.3, 0.4) is 0 Å². The van der Waals surface area contributed by atoms with Crippen molar-refractivity contribution in [3.8, 4) is 0 Å². The molecule has 2 aliphatic carbocycles. The van der Waals surface area contributed by atoms with Gasteiger partial charge in [-0.25, -0.2) is 0 Å². The number of likely N-dealkylation sites (tertiary alicyclic amines) is 1. The second-order valence-electron chi connectivity index (χ2n) is 7.91. The molecule has 2 atom stereocenters. The summed E-state index contributed by atoms with van der Waals surface area (Å²) in [5.74, 6) is 0.431. The number of carbonyl (C=O) groups excluding carboxylic acids is 2. The van der Waals surface area contributed by atoms with Gasteiger partial charge in [0.15, 0.2) is 0 Å². The number of benzene rings is 1. The van der Waals surface area contributed by atoms with Gasteiger partial charge in [-0.1, -0.05) is 36.8 Å². The zero-order chi connectivity index (χ0) is 16.8. The summed E-state index contributed by atoms with van der Waals surface area (Å²) in [5, 5.41) is 3.27. The molecule has 0 radical (unpaired) electrons. The van der Waals surface area contributed by atoms with Crippen LogP contribution in [0.25, 0.3) is 0 Å². The maximum atomic E-state index is 12.9. The lowest BCUT2D eigenvalue weighted by Crippen LogP contribution is -2.55. The summed E-state index contributed by atoms with van der Waals surface area (Å²) in [7, 11) is 1.93. The molecule has 1 N–H and O–H groups in total. The van der Waals surface area contributed by atoms with E-state index in [9.17, 15) is 9.59 Å². The van der Waals surface area contributed by atoms with Crippen LogP contribution >= 0.6 is 0 Å². The summed E-state index contributed by atoms with van der Waals surface area (Å²) >= 11 is 0. The second kappa shape index (κ2) is 5.61. The van der Waals surface area contributed by atoms with E-state index in [0.717, 1.165) is 44.1 Å². The number of fused-ring (bicyclic) bond motifs is 1.